The third-order valence-electron chi connectivity index (χ3n) is 2.40. The molecule has 104 valence electrons. The number of hydrogen-bond donors (Lipinski definition) is 3. The minimum atomic E-state index is -1.36. The lowest BCUT2D eigenvalue weighted by Crippen LogP contribution is -2.43. The molecule has 7 nitrogen and oxygen atoms in total. The minimum absolute atomic E-state index is 0.177. The Hall–Kier alpha value is -2.28. The predicted molar refractivity (Wildman–Crippen MR) is 65.5 cm³/mol. The van der Waals surface area contributed by atoms with E-state index in [4.69, 9.17) is 19.7 Å². The van der Waals surface area contributed by atoms with Gasteiger partial charge >= 0.3 is 5.97 Å². The second-order valence-corrected chi connectivity index (χ2v) is 3.65. The third kappa shape index (κ3) is 3.85. The zero-order valence-corrected chi connectivity index (χ0v) is 10.5. The first-order valence-corrected chi connectivity index (χ1v) is 5.39. The molecule has 0 aliphatic rings. The number of amides is 1. The van der Waals surface area contributed by atoms with Gasteiger partial charge in [0.15, 0.2) is 6.04 Å². The van der Waals surface area contributed by atoms with E-state index in [1.54, 1.807) is 6.07 Å². The molecule has 0 saturated carbocycles. The van der Waals surface area contributed by atoms with Gasteiger partial charge in [-0.25, -0.2) is 4.79 Å². The number of carbonyl (C=O) groups is 2. The average Bonchev–Trinajstić information content (AvgIpc) is 2.43. The number of hydrogen-bond acceptors (Lipinski definition) is 5. The van der Waals surface area contributed by atoms with Crippen LogP contribution >= 0.6 is 0 Å². The summed E-state index contributed by atoms with van der Waals surface area (Å²) in [7, 11) is 2.87. The molecule has 0 heterocycles. The summed E-state index contributed by atoms with van der Waals surface area (Å²) in [6.07, 6.45) is 0. The van der Waals surface area contributed by atoms with Gasteiger partial charge in [0.1, 0.15) is 11.5 Å². The molecular formula is C12H15NO6. The van der Waals surface area contributed by atoms with Crippen LogP contribution in [-0.2, 0) is 4.79 Å². The van der Waals surface area contributed by atoms with E-state index >= 15 is 0 Å². The number of aliphatic hydroxyl groups excluding tert-OH is 1. The lowest BCUT2D eigenvalue weighted by molar-refractivity contribution is -0.140. The Kier molecular flexibility index (Phi) is 5.13. The molecule has 1 rings (SSSR count). The summed E-state index contributed by atoms with van der Waals surface area (Å²) in [5.41, 5.74) is 0.177. The van der Waals surface area contributed by atoms with Gasteiger partial charge < -0.3 is 25.0 Å². The molecule has 0 aliphatic heterocycles. The summed E-state index contributed by atoms with van der Waals surface area (Å²) in [6, 6.07) is 3.10. The topological polar surface area (TPSA) is 105 Å². The van der Waals surface area contributed by atoms with E-state index in [2.05, 4.69) is 5.32 Å². The van der Waals surface area contributed by atoms with Gasteiger partial charge in [0.25, 0.3) is 5.91 Å². The van der Waals surface area contributed by atoms with Crippen molar-refractivity contribution in [1.82, 2.24) is 5.32 Å². The number of carbonyl (C=O) groups excluding carboxylic acids is 1. The molecule has 0 saturated heterocycles. The molecule has 0 bridgehead atoms. The number of carboxylic acid groups (broad SMARTS) is 1. The quantitative estimate of drug-likeness (QED) is 0.665. The molecule has 7 heteroatoms. The molecule has 0 spiro atoms. The Bertz CT molecular complexity index is 451. The van der Waals surface area contributed by atoms with Gasteiger partial charge in [-0.1, -0.05) is 0 Å². The predicted octanol–water partition coefficient (Wildman–Crippen LogP) is -0.121. The highest BCUT2D eigenvalue weighted by Crippen LogP contribution is 2.22. The van der Waals surface area contributed by atoms with E-state index in [1.165, 1.54) is 26.4 Å². The lowest BCUT2D eigenvalue weighted by atomic mass is 10.1. The van der Waals surface area contributed by atoms with Crippen LogP contribution in [0.2, 0.25) is 0 Å². The summed E-state index contributed by atoms with van der Waals surface area (Å²) in [5, 5.41) is 19.8. The largest absolute Gasteiger partial charge is 0.497 e. The summed E-state index contributed by atoms with van der Waals surface area (Å²) >= 11 is 0. The van der Waals surface area contributed by atoms with Gasteiger partial charge in [0, 0.05) is 11.6 Å². The fourth-order valence-corrected chi connectivity index (χ4v) is 1.37. The normalized spacial score (nSPS) is 11.5. The standard InChI is InChI=1S/C12H15NO6/c1-18-8-3-7(4-9(5-8)19-2)11(15)13-10(6-14)12(16)17/h3-5,10,14H,6H2,1-2H3,(H,13,15)(H,16,17)/t10-/m0/s1. The number of aliphatic hydroxyl groups is 1. The number of methoxy groups -OCH3 is 2. The van der Waals surface area contributed by atoms with Crippen LogP contribution in [0.3, 0.4) is 0 Å². The lowest BCUT2D eigenvalue weighted by Gasteiger charge is -2.13. The SMILES string of the molecule is COc1cc(OC)cc(C(=O)N[C@@H](CO)C(=O)O)c1. The Morgan fingerprint density at radius 3 is 2.11 bits per heavy atom. The molecule has 3 N–H and O–H groups in total. The van der Waals surface area contributed by atoms with Crippen LogP contribution in [0.25, 0.3) is 0 Å². The van der Waals surface area contributed by atoms with Crippen molar-refractivity contribution in [2.24, 2.45) is 0 Å². The summed E-state index contributed by atoms with van der Waals surface area (Å²) in [4.78, 5) is 22.6. The number of rotatable bonds is 6. The van der Waals surface area contributed by atoms with Gasteiger partial charge in [-0.2, -0.15) is 0 Å². The van der Waals surface area contributed by atoms with Crippen molar-refractivity contribution < 1.29 is 29.3 Å². The van der Waals surface area contributed by atoms with Crippen molar-refractivity contribution in [1.29, 1.82) is 0 Å². The first-order chi connectivity index (χ1) is 9.01. The van der Waals surface area contributed by atoms with Crippen molar-refractivity contribution in [2.75, 3.05) is 20.8 Å². The number of carboxylic acids is 1. The maximum Gasteiger partial charge on any atom is 0.328 e. The number of aliphatic carboxylic acids is 1. The second kappa shape index (κ2) is 6.60. The Morgan fingerprint density at radius 2 is 1.74 bits per heavy atom. The van der Waals surface area contributed by atoms with Crippen molar-refractivity contribution in [3.8, 4) is 11.5 Å². The molecule has 1 aromatic rings. The van der Waals surface area contributed by atoms with E-state index in [-0.39, 0.29) is 5.56 Å². The fourth-order valence-electron chi connectivity index (χ4n) is 1.37. The first-order valence-electron chi connectivity index (χ1n) is 5.39. The van der Waals surface area contributed by atoms with Gasteiger partial charge in [-0.05, 0) is 12.1 Å². The van der Waals surface area contributed by atoms with E-state index in [1.807, 2.05) is 0 Å². The van der Waals surface area contributed by atoms with Crippen LogP contribution in [0.1, 0.15) is 10.4 Å². The van der Waals surface area contributed by atoms with E-state index in [9.17, 15) is 9.59 Å². The number of benzene rings is 1. The van der Waals surface area contributed by atoms with Crippen LogP contribution in [-0.4, -0.2) is 49.0 Å². The Morgan fingerprint density at radius 1 is 1.21 bits per heavy atom. The highest BCUT2D eigenvalue weighted by molar-refractivity contribution is 5.97. The maximum absolute atomic E-state index is 11.9. The van der Waals surface area contributed by atoms with Crippen LogP contribution in [0.5, 0.6) is 11.5 Å². The minimum Gasteiger partial charge on any atom is -0.497 e. The van der Waals surface area contributed by atoms with Gasteiger partial charge in [0.2, 0.25) is 0 Å². The van der Waals surface area contributed by atoms with Crippen molar-refractivity contribution >= 4 is 11.9 Å². The van der Waals surface area contributed by atoms with Crippen LogP contribution in [0, 0.1) is 0 Å². The molecule has 0 aliphatic carbocycles. The fraction of sp³-hybridized carbons (Fsp3) is 0.333. The summed E-state index contributed by atoms with van der Waals surface area (Å²) in [6.45, 7) is -0.692. The highest BCUT2D eigenvalue weighted by Gasteiger charge is 2.20. The molecular weight excluding hydrogens is 254 g/mol. The zero-order valence-electron chi connectivity index (χ0n) is 10.5. The molecule has 1 aromatic carbocycles. The van der Waals surface area contributed by atoms with E-state index in [0.717, 1.165) is 0 Å². The number of ether oxygens (including phenoxy) is 2. The van der Waals surface area contributed by atoms with Crippen LogP contribution < -0.4 is 14.8 Å². The average molecular weight is 269 g/mol. The van der Waals surface area contributed by atoms with Gasteiger partial charge in [-0.3, -0.25) is 4.79 Å². The highest BCUT2D eigenvalue weighted by atomic mass is 16.5. The van der Waals surface area contributed by atoms with Crippen LogP contribution in [0.4, 0.5) is 0 Å². The van der Waals surface area contributed by atoms with Gasteiger partial charge in [0.05, 0.1) is 20.8 Å². The monoisotopic (exact) mass is 269 g/mol. The summed E-state index contributed by atoms with van der Waals surface area (Å²) in [5.74, 6) is -1.15. The molecule has 0 aromatic heterocycles. The smallest absolute Gasteiger partial charge is 0.328 e. The molecule has 0 radical (unpaired) electrons. The Labute approximate surface area is 109 Å². The van der Waals surface area contributed by atoms with Gasteiger partial charge in [-0.15, -0.1) is 0 Å². The van der Waals surface area contributed by atoms with E-state index < -0.39 is 24.5 Å². The number of nitrogens with one attached hydrogen (secondary N) is 1. The Balaban J connectivity index is 2.95. The molecule has 0 unspecified atom stereocenters. The summed E-state index contributed by atoms with van der Waals surface area (Å²) < 4.78 is 10.0. The molecule has 19 heavy (non-hydrogen) atoms. The van der Waals surface area contributed by atoms with E-state index in [0.29, 0.717) is 11.5 Å². The zero-order chi connectivity index (χ0) is 14.4. The second-order valence-electron chi connectivity index (χ2n) is 3.65. The first kappa shape index (κ1) is 14.8. The third-order valence-corrected chi connectivity index (χ3v) is 2.40. The molecule has 1 amide bonds. The van der Waals surface area contributed by atoms with Crippen molar-refractivity contribution in [3.05, 3.63) is 23.8 Å². The van der Waals surface area contributed by atoms with Crippen molar-refractivity contribution in [2.45, 2.75) is 6.04 Å². The molecule has 1 atom stereocenters. The van der Waals surface area contributed by atoms with Crippen molar-refractivity contribution in [3.63, 3.8) is 0 Å². The van der Waals surface area contributed by atoms with Crippen LogP contribution in [0.15, 0.2) is 18.2 Å². The maximum atomic E-state index is 11.9. The molecule has 0 fully saturated rings.